The molecule has 0 saturated heterocycles. The molecule has 27 heavy (non-hydrogen) atoms. The molecule has 0 saturated carbocycles. The second kappa shape index (κ2) is 7.81. The summed E-state index contributed by atoms with van der Waals surface area (Å²) in [4.78, 5) is 22.4. The molecule has 0 aliphatic heterocycles. The first-order chi connectivity index (χ1) is 12.9. The molecule has 2 aromatic heterocycles. The summed E-state index contributed by atoms with van der Waals surface area (Å²) in [5.74, 6) is 0.0386. The molecular formula is C18H20N6O3. The number of nitrogens with zero attached hydrogens (tertiary/aromatic N) is 5. The molecule has 2 heterocycles. The van der Waals surface area contributed by atoms with Gasteiger partial charge in [-0.25, -0.2) is 0 Å². The van der Waals surface area contributed by atoms with Gasteiger partial charge in [0.2, 0.25) is 5.91 Å². The van der Waals surface area contributed by atoms with Crippen molar-refractivity contribution in [2.45, 2.75) is 33.4 Å². The highest BCUT2D eigenvalue weighted by atomic mass is 16.6. The third-order valence-corrected chi connectivity index (χ3v) is 4.13. The summed E-state index contributed by atoms with van der Waals surface area (Å²) in [5, 5.41) is 21.8. The van der Waals surface area contributed by atoms with Gasteiger partial charge >= 0.3 is 5.82 Å². The summed E-state index contributed by atoms with van der Waals surface area (Å²) in [6.07, 6.45) is 0.143. The molecule has 0 aliphatic carbocycles. The lowest BCUT2D eigenvalue weighted by molar-refractivity contribution is -0.389. The van der Waals surface area contributed by atoms with Crippen LogP contribution in [0.3, 0.4) is 0 Å². The molecule has 0 aliphatic rings. The highest BCUT2D eigenvalue weighted by molar-refractivity contribution is 5.89. The summed E-state index contributed by atoms with van der Waals surface area (Å²) in [6, 6.07) is 13.1. The minimum absolute atomic E-state index is 0.143. The lowest BCUT2D eigenvalue weighted by atomic mass is 10.2. The summed E-state index contributed by atoms with van der Waals surface area (Å²) < 4.78 is 3.28. The Hall–Kier alpha value is -3.49. The van der Waals surface area contributed by atoms with Gasteiger partial charge in [0.05, 0.1) is 29.9 Å². The molecule has 0 radical (unpaired) electrons. The molecule has 0 unspecified atom stereocenters. The van der Waals surface area contributed by atoms with Crippen molar-refractivity contribution in [2.24, 2.45) is 0 Å². The molecular weight excluding hydrogens is 348 g/mol. The number of aromatic nitrogens is 4. The molecule has 0 fully saturated rings. The maximum Gasteiger partial charge on any atom is 0.390 e. The van der Waals surface area contributed by atoms with E-state index >= 15 is 0 Å². The Balaban J connectivity index is 1.58. The quantitative estimate of drug-likeness (QED) is 0.509. The lowest BCUT2D eigenvalue weighted by Crippen LogP contribution is -2.16. The van der Waals surface area contributed by atoms with E-state index in [0.29, 0.717) is 18.1 Å². The predicted molar refractivity (Wildman–Crippen MR) is 99.4 cm³/mol. The lowest BCUT2D eigenvalue weighted by Gasteiger charge is -2.04. The van der Waals surface area contributed by atoms with Gasteiger partial charge in [-0.1, -0.05) is 30.3 Å². The fraction of sp³-hybridized carbons (Fsp3) is 0.278. The van der Waals surface area contributed by atoms with E-state index < -0.39 is 4.92 Å². The van der Waals surface area contributed by atoms with E-state index in [4.69, 9.17) is 0 Å². The van der Waals surface area contributed by atoms with E-state index in [-0.39, 0.29) is 24.7 Å². The van der Waals surface area contributed by atoms with Crippen LogP contribution in [0.2, 0.25) is 0 Å². The first-order valence-electron chi connectivity index (χ1n) is 8.49. The smallest absolute Gasteiger partial charge is 0.358 e. The van der Waals surface area contributed by atoms with Crippen molar-refractivity contribution >= 4 is 17.5 Å². The van der Waals surface area contributed by atoms with Gasteiger partial charge in [0.25, 0.3) is 0 Å². The highest BCUT2D eigenvalue weighted by Crippen LogP contribution is 2.13. The standard InChI is InChI=1S/C18H20N6O3/c1-13-10-16(20-23(13)12-15-6-4-3-5-7-15)19-18(25)8-9-22-14(2)11-17(21-22)24(26)27/h3-7,10-11H,8-9,12H2,1-2H3,(H,19,20,25). The number of nitrogens with one attached hydrogen (secondary N) is 1. The number of aryl methyl sites for hydroxylation is 3. The van der Waals surface area contributed by atoms with E-state index in [0.717, 1.165) is 11.3 Å². The maximum absolute atomic E-state index is 12.2. The van der Waals surface area contributed by atoms with Gasteiger partial charge in [0, 0.05) is 18.2 Å². The Labute approximate surface area is 155 Å². The summed E-state index contributed by atoms with van der Waals surface area (Å²) in [7, 11) is 0. The van der Waals surface area contributed by atoms with Gasteiger partial charge in [-0.3, -0.25) is 9.48 Å². The van der Waals surface area contributed by atoms with Gasteiger partial charge in [-0.15, -0.1) is 0 Å². The fourth-order valence-electron chi connectivity index (χ4n) is 2.71. The van der Waals surface area contributed by atoms with Crippen molar-refractivity contribution < 1.29 is 9.72 Å². The molecule has 9 heteroatoms. The summed E-state index contributed by atoms with van der Waals surface area (Å²) in [5.41, 5.74) is 2.70. The van der Waals surface area contributed by atoms with Gasteiger partial charge in [-0.05, 0) is 24.3 Å². The zero-order valence-corrected chi connectivity index (χ0v) is 15.1. The molecule has 0 bridgehead atoms. The van der Waals surface area contributed by atoms with Gasteiger partial charge in [-0.2, -0.15) is 9.78 Å². The Morgan fingerprint density at radius 3 is 2.48 bits per heavy atom. The largest absolute Gasteiger partial charge is 0.390 e. The number of carbonyl (C=O) groups excluding carboxylic acids is 1. The Kier molecular flexibility index (Phi) is 5.30. The number of hydrogen-bond acceptors (Lipinski definition) is 5. The first-order valence-corrected chi connectivity index (χ1v) is 8.49. The second-order valence-electron chi connectivity index (χ2n) is 6.24. The number of anilines is 1. The van der Waals surface area contributed by atoms with Crippen LogP contribution >= 0.6 is 0 Å². The van der Waals surface area contributed by atoms with E-state index in [1.54, 1.807) is 6.92 Å². The third-order valence-electron chi connectivity index (χ3n) is 4.13. The SMILES string of the molecule is Cc1cc(NC(=O)CCn2nc([N+](=O)[O-])cc2C)nn1Cc1ccccc1. The van der Waals surface area contributed by atoms with Crippen LogP contribution in [-0.4, -0.2) is 30.4 Å². The molecule has 0 spiro atoms. The molecule has 3 aromatic rings. The van der Waals surface area contributed by atoms with Crippen molar-refractivity contribution in [1.82, 2.24) is 19.6 Å². The number of nitro groups is 1. The first kappa shape index (κ1) is 18.3. The van der Waals surface area contributed by atoms with E-state index in [2.05, 4.69) is 15.5 Å². The molecule has 3 rings (SSSR count). The number of benzene rings is 1. The molecule has 0 atom stereocenters. The number of hydrogen-bond donors (Lipinski definition) is 1. The number of amides is 1. The maximum atomic E-state index is 12.2. The Bertz CT molecular complexity index is 961. The van der Waals surface area contributed by atoms with Crippen LogP contribution in [-0.2, 0) is 17.9 Å². The molecule has 1 amide bonds. The van der Waals surface area contributed by atoms with Gasteiger partial charge in [0.1, 0.15) is 0 Å². The van der Waals surface area contributed by atoms with Crippen LogP contribution < -0.4 is 5.32 Å². The van der Waals surface area contributed by atoms with Crippen LogP contribution in [0.15, 0.2) is 42.5 Å². The van der Waals surface area contributed by atoms with Crippen LogP contribution in [0.25, 0.3) is 0 Å². The normalized spacial score (nSPS) is 10.7. The number of rotatable bonds is 7. The minimum Gasteiger partial charge on any atom is -0.358 e. The molecule has 9 nitrogen and oxygen atoms in total. The van der Waals surface area contributed by atoms with Crippen LogP contribution in [0.1, 0.15) is 23.4 Å². The van der Waals surface area contributed by atoms with Crippen LogP contribution in [0.5, 0.6) is 0 Å². The minimum atomic E-state index is -0.550. The molecule has 1 N–H and O–H groups in total. The average molecular weight is 368 g/mol. The van der Waals surface area contributed by atoms with Crippen LogP contribution in [0.4, 0.5) is 11.6 Å². The third kappa shape index (κ3) is 4.57. The highest BCUT2D eigenvalue weighted by Gasteiger charge is 2.16. The predicted octanol–water partition coefficient (Wildman–Crippen LogP) is 2.68. The monoisotopic (exact) mass is 368 g/mol. The Morgan fingerprint density at radius 2 is 1.81 bits per heavy atom. The van der Waals surface area contributed by atoms with Crippen molar-refractivity contribution in [3.8, 4) is 0 Å². The summed E-state index contributed by atoms with van der Waals surface area (Å²) in [6.45, 7) is 4.53. The van der Waals surface area contributed by atoms with E-state index in [1.165, 1.54) is 10.7 Å². The van der Waals surface area contributed by atoms with Crippen LogP contribution in [0, 0.1) is 24.0 Å². The second-order valence-corrected chi connectivity index (χ2v) is 6.24. The zero-order chi connectivity index (χ0) is 19.4. The van der Waals surface area contributed by atoms with Crippen molar-refractivity contribution in [3.05, 3.63) is 69.5 Å². The van der Waals surface area contributed by atoms with Crippen molar-refractivity contribution in [3.63, 3.8) is 0 Å². The van der Waals surface area contributed by atoms with Crippen molar-refractivity contribution in [2.75, 3.05) is 5.32 Å². The topological polar surface area (TPSA) is 108 Å². The zero-order valence-electron chi connectivity index (χ0n) is 15.1. The Morgan fingerprint density at radius 1 is 1.11 bits per heavy atom. The van der Waals surface area contributed by atoms with Gasteiger partial charge in [0.15, 0.2) is 5.82 Å². The average Bonchev–Trinajstić information content (AvgIpc) is 3.17. The number of carbonyl (C=O) groups is 1. The van der Waals surface area contributed by atoms with Crippen molar-refractivity contribution in [1.29, 1.82) is 0 Å². The molecule has 140 valence electrons. The fourth-order valence-corrected chi connectivity index (χ4v) is 2.71. The summed E-state index contributed by atoms with van der Waals surface area (Å²) >= 11 is 0. The van der Waals surface area contributed by atoms with Gasteiger partial charge < -0.3 is 15.4 Å². The molecule has 1 aromatic carbocycles. The van der Waals surface area contributed by atoms with E-state index in [9.17, 15) is 14.9 Å². The van der Waals surface area contributed by atoms with E-state index in [1.807, 2.05) is 48.0 Å².